The largest absolute Gasteiger partial charge is 0.392 e. The highest BCUT2D eigenvalue weighted by molar-refractivity contribution is 5.56. The van der Waals surface area contributed by atoms with Crippen molar-refractivity contribution in [3.63, 3.8) is 0 Å². The van der Waals surface area contributed by atoms with Crippen molar-refractivity contribution in [3.05, 3.63) is 12.7 Å². The molecule has 0 spiro atoms. The van der Waals surface area contributed by atoms with Gasteiger partial charge in [0, 0.05) is 18.3 Å². The fourth-order valence-electron chi connectivity index (χ4n) is 2.21. The number of carbonyl (C=O) groups is 1. The lowest BCUT2D eigenvalue weighted by molar-refractivity contribution is -0.208. The molecule has 78 valence electrons. The van der Waals surface area contributed by atoms with Crippen molar-refractivity contribution in [2.24, 2.45) is 11.8 Å². The summed E-state index contributed by atoms with van der Waals surface area (Å²) in [4.78, 5) is 10.7. The van der Waals surface area contributed by atoms with E-state index < -0.39 is 12.4 Å². The lowest BCUT2D eigenvalue weighted by Gasteiger charge is -2.32. The summed E-state index contributed by atoms with van der Waals surface area (Å²) < 4.78 is 10.8. The Morgan fingerprint density at radius 3 is 2.93 bits per heavy atom. The molecule has 0 aromatic heterocycles. The van der Waals surface area contributed by atoms with E-state index in [-0.39, 0.29) is 17.9 Å². The second-order valence-electron chi connectivity index (χ2n) is 3.79. The molecule has 1 unspecified atom stereocenters. The first-order valence-electron chi connectivity index (χ1n) is 4.79. The third-order valence-electron chi connectivity index (χ3n) is 3.00. The second-order valence-corrected chi connectivity index (χ2v) is 3.79. The standard InChI is InChI=1S/C10H14O4/c1-2-10-13-5-7-6(4-11)8(12)3-9(7)14-10/h2,4,6-10,12H,1,3,5H2/t6-,7-,8+,9-,10?/m0/s1. The average molecular weight is 198 g/mol. The summed E-state index contributed by atoms with van der Waals surface area (Å²) in [5, 5.41) is 9.59. The zero-order valence-corrected chi connectivity index (χ0v) is 7.83. The molecule has 4 heteroatoms. The molecular formula is C10H14O4. The number of hydrogen-bond acceptors (Lipinski definition) is 4. The van der Waals surface area contributed by atoms with Gasteiger partial charge >= 0.3 is 0 Å². The summed E-state index contributed by atoms with van der Waals surface area (Å²) in [6.45, 7) is 4.03. The van der Waals surface area contributed by atoms with Gasteiger partial charge < -0.3 is 19.4 Å². The highest BCUT2D eigenvalue weighted by Gasteiger charge is 2.46. The van der Waals surface area contributed by atoms with E-state index in [0.29, 0.717) is 13.0 Å². The Morgan fingerprint density at radius 1 is 1.50 bits per heavy atom. The van der Waals surface area contributed by atoms with E-state index in [1.165, 1.54) is 0 Å². The molecule has 1 aliphatic heterocycles. The molecule has 1 N–H and O–H groups in total. The van der Waals surface area contributed by atoms with E-state index in [2.05, 4.69) is 6.58 Å². The molecule has 2 fully saturated rings. The van der Waals surface area contributed by atoms with Crippen LogP contribution in [-0.4, -0.2) is 36.5 Å². The van der Waals surface area contributed by atoms with Crippen LogP contribution in [-0.2, 0) is 14.3 Å². The minimum Gasteiger partial charge on any atom is -0.392 e. The summed E-state index contributed by atoms with van der Waals surface area (Å²) in [5.74, 6) is -0.343. The summed E-state index contributed by atoms with van der Waals surface area (Å²) >= 11 is 0. The Balaban J connectivity index is 2.07. The molecule has 14 heavy (non-hydrogen) atoms. The summed E-state index contributed by atoms with van der Waals surface area (Å²) in [6, 6.07) is 0. The van der Waals surface area contributed by atoms with Crippen LogP contribution < -0.4 is 0 Å². The van der Waals surface area contributed by atoms with Gasteiger partial charge in [0.2, 0.25) is 0 Å². The summed E-state index contributed by atoms with van der Waals surface area (Å²) in [7, 11) is 0. The molecule has 4 nitrogen and oxygen atoms in total. The Labute approximate surface area is 82.5 Å². The number of ether oxygens (including phenoxy) is 2. The molecule has 2 rings (SSSR count). The van der Waals surface area contributed by atoms with Crippen LogP contribution in [0.3, 0.4) is 0 Å². The van der Waals surface area contributed by atoms with Gasteiger partial charge in [-0.1, -0.05) is 6.58 Å². The maximum absolute atomic E-state index is 10.7. The topological polar surface area (TPSA) is 55.8 Å². The third kappa shape index (κ3) is 1.49. The van der Waals surface area contributed by atoms with E-state index in [9.17, 15) is 9.90 Å². The minimum absolute atomic E-state index is 0.00120. The van der Waals surface area contributed by atoms with Gasteiger partial charge in [-0.05, 0) is 6.08 Å². The van der Waals surface area contributed by atoms with Gasteiger partial charge in [0.05, 0.1) is 18.8 Å². The van der Waals surface area contributed by atoms with Crippen molar-refractivity contribution in [1.29, 1.82) is 0 Å². The van der Waals surface area contributed by atoms with Crippen LogP contribution in [0.4, 0.5) is 0 Å². The van der Waals surface area contributed by atoms with Crippen LogP contribution in [0.5, 0.6) is 0 Å². The van der Waals surface area contributed by atoms with E-state index in [0.717, 1.165) is 6.29 Å². The van der Waals surface area contributed by atoms with Gasteiger partial charge in [-0.2, -0.15) is 0 Å². The molecular weight excluding hydrogens is 184 g/mol. The first kappa shape index (κ1) is 9.83. The molecule has 5 atom stereocenters. The fourth-order valence-corrected chi connectivity index (χ4v) is 2.21. The predicted molar refractivity (Wildman–Crippen MR) is 48.5 cm³/mol. The van der Waals surface area contributed by atoms with Crippen molar-refractivity contribution in [2.45, 2.75) is 24.9 Å². The first-order chi connectivity index (χ1) is 6.76. The smallest absolute Gasteiger partial charge is 0.176 e. The Hall–Kier alpha value is -0.710. The molecule has 0 radical (unpaired) electrons. The number of fused-ring (bicyclic) bond motifs is 1. The van der Waals surface area contributed by atoms with Gasteiger partial charge in [0.15, 0.2) is 6.29 Å². The van der Waals surface area contributed by atoms with Crippen LogP contribution >= 0.6 is 0 Å². The fraction of sp³-hybridized carbons (Fsp3) is 0.700. The van der Waals surface area contributed by atoms with Crippen LogP contribution in [0.2, 0.25) is 0 Å². The van der Waals surface area contributed by atoms with E-state index >= 15 is 0 Å². The zero-order valence-electron chi connectivity index (χ0n) is 7.83. The van der Waals surface area contributed by atoms with Gasteiger partial charge in [-0.15, -0.1) is 0 Å². The highest BCUT2D eigenvalue weighted by Crippen LogP contribution is 2.37. The number of hydrogen-bond donors (Lipinski definition) is 1. The molecule has 1 heterocycles. The Kier molecular flexibility index (Phi) is 2.67. The molecule has 1 saturated heterocycles. The molecule has 0 aromatic rings. The van der Waals surface area contributed by atoms with Crippen molar-refractivity contribution < 1.29 is 19.4 Å². The number of rotatable bonds is 2. The van der Waals surface area contributed by atoms with E-state index in [4.69, 9.17) is 9.47 Å². The molecule has 2 aliphatic rings. The zero-order chi connectivity index (χ0) is 10.1. The van der Waals surface area contributed by atoms with Crippen molar-refractivity contribution >= 4 is 6.29 Å². The van der Waals surface area contributed by atoms with Crippen molar-refractivity contribution in [3.8, 4) is 0 Å². The summed E-state index contributed by atoms with van der Waals surface area (Å²) in [6.07, 6.45) is 1.84. The second kappa shape index (κ2) is 3.81. The van der Waals surface area contributed by atoms with Crippen LogP contribution in [0, 0.1) is 11.8 Å². The normalized spacial score (nSPS) is 47.1. The van der Waals surface area contributed by atoms with Crippen molar-refractivity contribution in [2.75, 3.05) is 6.61 Å². The number of carbonyl (C=O) groups excluding carboxylic acids is 1. The lowest BCUT2D eigenvalue weighted by atomic mass is 9.95. The number of aldehydes is 1. The Morgan fingerprint density at radius 2 is 2.29 bits per heavy atom. The van der Waals surface area contributed by atoms with Crippen LogP contribution in [0.15, 0.2) is 12.7 Å². The van der Waals surface area contributed by atoms with Gasteiger partial charge in [0.1, 0.15) is 6.29 Å². The molecule has 0 amide bonds. The molecule has 1 saturated carbocycles. The first-order valence-corrected chi connectivity index (χ1v) is 4.79. The third-order valence-corrected chi connectivity index (χ3v) is 3.00. The number of aliphatic hydroxyl groups is 1. The maximum atomic E-state index is 10.7. The minimum atomic E-state index is -0.588. The van der Waals surface area contributed by atoms with Gasteiger partial charge in [-0.3, -0.25) is 0 Å². The summed E-state index contributed by atoms with van der Waals surface area (Å²) in [5.41, 5.74) is 0. The molecule has 0 aromatic carbocycles. The SMILES string of the molecule is C=CC1OC[C@H]2[C@H](C=O)[C@H](O)C[C@@H]2O1. The van der Waals surface area contributed by atoms with Crippen LogP contribution in [0.1, 0.15) is 6.42 Å². The van der Waals surface area contributed by atoms with Gasteiger partial charge in [0.25, 0.3) is 0 Å². The van der Waals surface area contributed by atoms with E-state index in [1.54, 1.807) is 6.08 Å². The Bertz CT molecular complexity index is 240. The highest BCUT2D eigenvalue weighted by atomic mass is 16.7. The van der Waals surface area contributed by atoms with Crippen molar-refractivity contribution in [1.82, 2.24) is 0 Å². The van der Waals surface area contributed by atoms with Crippen LogP contribution in [0.25, 0.3) is 0 Å². The van der Waals surface area contributed by atoms with Gasteiger partial charge in [-0.25, -0.2) is 0 Å². The quantitative estimate of drug-likeness (QED) is 0.505. The number of aliphatic hydroxyl groups excluding tert-OH is 1. The monoisotopic (exact) mass is 198 g/mol. The lowest BCUT2D eigenvalue weighted by Crippen LogP contribution is -2.38. The predicted octanol–water partition coefficient (Wildman–Crippen LogP) is 0.110. The molecule has 1 aliphatic carbocycles. The molecule has 0 bridgehead atoms. The average Bonchev–Trinajstić information content (AvgIpc) is 2.51. The van der Waals surface area contributed by atoms with E-state index in [1.807, 2.05) is 0 Å². The maximum Gasteiger partial charge on any atom is 0.176 e.